The zero-order chi connectivity index (χ0) is 15.4. The highest BCUT2D eigenvalue weighted by Gasteiger charge is 2.17. The quantitative estimate of drug-likeness (QED) is 0.770. The van der Waals surface area contributed by atoms with E-state index in [2.05, 4.69) is 38.2 Å². The Bertz CT molecular complexity index is 594. The molecule has 1 aromatic carbocycles. The van der Waals surface area contributed by atoms with Crippen LogP contribution in [0.3, 0.4) is 0 Å². The highest BCUT2D eigenvalue weighted by Crippen LogP contribution is 2.37. The van der Waals surface area contributed by atoms with Gasteiger partial charge < -0.3 is 10.1 Å². The molecule has 0 radical (unpaired) electrons. The fraction of sp³-hybridized carbons (Fsp3) is 0.412. The van der Waals surface area contributed by atoms with Gasteiger partial charge in [-0.3, -0.25) is 0 Å². The normalized spacial score (nSPS) is 12.7. The third kappa shape index (κ3) is 3.79. The largest absolute Gasteiger partial charge is 0.495 e. The van der Waals surface area contributed by atoms with Crippen molar-refractivity contribution in [2.45, 2.75) is 26.8 Å². The first-order valence-electron chi connectivity index (χ1n) is 7.23. The van der Waals surface area contributed by atoms with Crippen molar-refractivity contribution in [2.75, 3.05) is 13.7 Å². The Morgan fingerprint density at radius 3 is 2.62 bits per heavy atom. The van der Waals surface area contributed by atoms with Crippen molar-refractivity contribution < 1.29 is 4.74 Å². The lowest BCUT2D eigenvalue weighted by molar-refractivity contribution is 0.415. The summed E-state index contributed by atoms with van der Waals surface area (Å²) in [5, 5.41) is 4.20. The average Bonchev–Trinajstić information content (AvgIpc) is 2.94. The zero-order valence-corrected chi connectivity index (χ0v) is 14.5. The summed E-state index contributed by atoms with van der Waals surface area (Å²) in [4.78, 5) is 2.61. The van der Waals surface area contributed by atoms with E-state index in [1.54, 1.807) is 7.11 Å². The molecule has 0 aliphatic rings. The second kappa shape index (κ2) is 7.30. The smallest absolute Gasteiger partial charge is 0.138 e. The van der Waals surface area contributed by atoms with Crippen LogP contribution in [-0.4, -0.2) is 13.7 Å². The number of methoxy groups -OCH3 is 1. The summed E-state index contributed by atoms with van der Waals surface area (Å²) < 4.78 is 5.30. The second-order valence-electron chi connectivity index (χ2n) is 5.33. The molecule has 1 N–H and O–H groups in total. The van der Waals surface area contributed by atoms with Crippen molar-refractivity contribution in [1.29, 1.82) is 0 Å². The second-order valence-corrected chi connectivity index (χ2v) is 6.85. The number of halogens is 1. The molecule has 1 atom stereocenters. The number of hydrogen-bond donors (Lipinski definition) is 1. The number of hydrogen-bond acceptors (Lipinski definition) is 3. The van der Waals surface area contributed by atoms with E-state index in [0.29, 0.717) is 17.0 Å². The van der Waals surface area contributed by atoms with E-state index >= 15 is 0 Å². The molecule has 0 fully saturated rings. The highest BCUT2D eigenvalue weighted by molar-refractivity contribution is 7.15. The van der Waals surface area contributed by atoms with Crippen LogP contribution in [-0.2, 0) is 0 Å². The maximum absolute atomic E-state index is 6.09. The Balaban J connectivity index is 2.30. The van der Waals surface area contributed by atoms with Crippen LogP contribution >= 0.6 is 22.9 Å². The Labute approximate surface area is 136 Å². The van der Waals surface area contributed by atoms with Crippen LogP contribution in [0.15, 0.2) is 30.3 Å². The number of thiophene rings is 1. The summed E-state index contributed by atoms with van der Waals surface area (Å²) >= 11 is 7.92. The first-order valence-corrected chi connectivity index (χ1v) is 8.43. The molecular weight excluding hydrogens is 302 g/mol. The molecule has 114 valence electrons. The number of nitrogens with one attached hydrogen (secondary N) is 1. The van der Waals surface area contributed by atoms with Gasteiger partial charge in [-0.25, -0.2) is 0 Å². The summed E-state index contributed by atoms with van der Waals surface area (Å²) in [6.45, 7) is 7.62. The van der Waals surface area contributed by atoms with Gasteiger partial charge in [-0.1, -0.05) is 38.4 Å². The molecule has 0 saturated carbocycles. The topological polar surface area (TPSA) is 21.3 Å². The Hall–Kier alpha value is -1.03. The van der Waals surface area contributed by atoms with E-state index in [1.165, 1.54) is 9.75 Å². The SMILES string of the molecule is CCNC(c1ccc(-c2ccc(Cl)c(OC)c2)s1)C(C)C. The first kappa shape index (κ1) is 16.3. The molecular formula is C17H22ClNOS. The summed E-state index contributed by atoms with van der Waals surface area (Å²) in [6.07, 6.45) is 0. The van der Waals surface area contributed by atoms with Gasteiger partial charge >= 0.3 is 0 Å². The summed E-state index contributed by atoms with van der Waals surface area (Å²) in [7, 11) is 1.64. The van der Waals surface area contributed by atoms with Gasteiger partial charge in [0.25, 0.3) is 0 Å². The predicted octanol–water partition coefficient (Wildman–Crippen LogP) is 5.38. The van der Waals surface area contributed by atoms with Crippen LogP contribution in [0.2, 0.25) is 5.02 Å². The molecule has 0 saturated heterocycles. The maximum Gasteiger partial charge on any atom is 0.138 e. The van der Waals surface area contributed by atoms with E-state index in [1.807, 2.05) is 29.5 Å². The van der Waals surface area contributed by atoms with Gasteiger partial charge in [0, 0.05) is 15.8 Å². The lowest BCUT2D eigenvalue weighted by Gasteiger charge is -2.20. The minimum atomic E-state index is 0.406. The Morgan fingerprint density at radius 1 is 1.24 bits per heavy atom. The zero-order valence-electron chi connectivity index (χ0n) is 12.9. The fourth-order valence-corrected chi connectivity index (χ4v) is 3.82. The van der Waals surface area contributed by atoms with Crippen LogP contribution in [0.25, 0.3) is 10.4 Å². The van der Waals surface area contributed by atoms with Crippen molar-refractivity contribution >= 4 is 22.9 Å². The Morgan fingerprint density at radius 2 is 2.00 bits per heavy atom. The van der Waals surface area contributed by atoms with Gasteiger partial charge in [-0.05, 0) is 42.3 Å². The van der Waals surface area contributed by atoms with Gasteiger partial charge in [0.05, 0.1) is 12.1 Å². The monoisotopic (exact) mass is 323 g/mol. The van der Waals surface area contributed by atoms with Gasteiger partial charge in [-0.2, -0.15) is 0 Å². The molecule has 0 aliphatic heterocycles. The third-order valence-corrected chi connectivity index (χ3v) is 4.99. The molecule has 0 spiro atoms. The van der Waals surface area contributed by atoms with Crippen molar-refractivity contribution in [1.82, 2.24) is 5.32 Å². The lowest BCUT2D eigenvalue weighted by atomic mass is 10.0. The van der Waals surface area contributed by atoms with Crippen molar-refractivity contribution in [2.24, 2.45) is 5.92 Å². The molecule has 1 unspecified atom stereocenters. The van der Waals surface area contributed by atoms with Crippen LogP contribution in [0.5, 0.6) is 5.75 Å². The molecule has 0 aliphatic carbocycles. The minimum absolute atomic E-state index is 0.406. The third-order valence-electron chi connectivity index (χ3n) is 3.46. The van der Waals surface area contributed by atoms with Crippen molar-refractivity contribution in [3.63, 3.8) is 0 Å². The number of ether oxygens (including phenoxy) is 1. The van der Waals surface area contributed by atoms with Crippen LogP contribution in [0, 0.1) is 5.92 Å². The summed E-state index contributed by atoms with van der Waals surface area (Å²) in [5.74, 6) is 1.28. The van der Waals surface area contributed by atoms with E-state index in [4.69, 9.17) is 16.3 Å². The average molecular weight is 324 g/mol. The Kier molecular flexibility index (Phi) is 5.68. The summed E-state index contributed by atoms with van der Waals surface area (Å²) in [6, 6.07) is 10.7. The van der Waals surface area contributed by atoms with Gasteiger partial charge in [0.15, 0.2) is 0 Å². The highest BCUT2D eigenvalue weighted by atomic mass is 35.5. The molecule has 2 rings (SSSR count). The first-order chi connectivity index (χ1) is 10.1. The van der Waals surface area contributed by atoms with E-state index in [0.717, 1.165) is 17.9 Å². The molecule has 2 aromatic rings. The van der Waals surface area contributed by atoms with Gasteiger partial charge in [0.2, 0.25) is 0 Å². The van der Waals surface area contributed by atoms with Crippen LogP contribution in [0.1, 0.15) is 31.7 Å². The van der Waals surface area contributed by atoms with Crippen molar-refractivity contribution in [3.8, 4) is 16.2 Å². The number of rotatable bonds is 6. The van der Waals surface area contributed by atoms with Gasteiger partial charge in [0.1, 0.15) is 5.75 Å². The molecule has 4 heteroatoms. The van der Waals surface area contributed by atoms with E-state index < -0.39 is 0 Å². The minimum Gasteiger partial charge on any atom is -0.495 e. The van der Waals surface area contributed by atoms with Crippen LogP contribution in [0.4, 0.5) is 0 Å². The molecule has 0 bridgehead atoms. The summed E-state index contributed by atoms with van der Waals surface area (Å²) in [5.41, 5.74) is 1.14. The fourth-order valence-electron chi connectivity index (χ4n) is 2.37. The van der Waals surface area contributed by atoms with Crippen molar-refractivity contribution in [3.05, 3.63) is 40.2 Å². The standard InChI is InChI=1S/C17H22ClNOS/c1-5-19-17(11(2)3)16-9-8-15(21-16)12-6-7-13(18)14(10-12)20-4/h6-11,17,19H,5H2,1-4H3. The molecule has 1 aromatic heterocycles. The molecule has 2 nitrogen and oxygen atoms in total. The van der Waals surface area contributed by atoms with E-state index in [-0.39, 0.29) is 0 Å². The predicted molar refractivity (Wildman–Crippen MR) is 92.6 cm³/mol. The molecule has 1 heterocycles. The van der Waals surface area contributed by atoms with Gasteiger partial charge in [-0.15, -0.1) is 11.3 Å². The maximum atomic E-state index is 6.09. The molecule has 0 amide bonds. The van der Waals surface area contributed by atoms with Crippen LogP contribution < -0.4 is 10.1 Å². The lowest BCUT2D eigenvalue weighted by Crippen LogP contribution is -2.24. The van der Waals surface area contributed by atoms with E-state index in [9.17, 15) is 0 Å². The number of benzene rings is 1. The molecule has 21 heavy (non-hydrogen) atoms.